The van der Waals surface area contributed by atoms with Gasteiger partial charge in [-0.15, -0.1) is 0 Å². The molecule has 0 aromatic carbocycles. The molecule has 8 nitrogen and oxygen atoms in total. The van der Waals surface area contributed by atoms with Gasteiger partial charge in [0.25, 0.3) is 0 Å². The molecule has 0 aromatic heterocycles. The SMILES string of the molecule is CCCCN1CC=C[C@]23O[C@]4(CC)/C=C\CCCOC(=O)[C@@H]4[C@H]2C(=O)N(CCCCCCO)C3C1=O. The fourth-order valence-electron chi connectivity index (χ4n) is 6.46. The van der Waals surface area contributed by atoms with Gasteiger partial charge < -0.3 is 24.4 Å². The van der Waals surface area contributed by atoms with Crippen LogP contribution >= 0.6 is 0 Å². The van der Waals surface area contributed by atoms with Gasteiger partial charge in [0.05, 0.1) is 12.5 Å². The molecule has 0 radical (unpaired) electrons. The average molecular weight is 503 g/mol. The fraction of sp³-hybridized carbons (Fsp3) is 0.750. The van der Waals surface area contributed by atoms with E-state index >= 15 is 0 Å². The van der Waals surface area contributed by atoms with Crippen molar-refractivity contribution in [3.63, 3.8) is 0 Å². The molecule has 1 N–H and O–H groups in total. The molecule has 2 amide bonds. The van der Waals surface area contributed by atoms with Crippen LogP contribution in [0.1, 0.15) is 71.6 Å². The lowest BCUT2D eigenvalue weighted by molar-refractivity contribution is -0.161. The summed E-state index contributed by atoms with van der Waals surface area (Å²) in [6.45, 7) is 6.04. The predicted octanol–water partition coefficient (Wildman–Crippen LogP) is 2.99. The Labute approximate surface area is 214 Å². The highest BCUT2D eigenvalue weighted by molar-refractivity contribution is 5.99. The van der Waals surface area contributed by atoms with Gasteiger partial charge in [-0.25, -0.2) is 0 Å². The molecule has 0 aliphatic carbocycles. The lowest BCUT2D eigenvalue weighted by atomic mass is 9.73. The topological polar surface area (TPSA) is 96.4 Å². The molecular weight excluding hydrogens is 460 g/mol. The maximum absolute atomic E-state index is 14.2. The van der Waals surface area contributed by atoms with E-state index in [4.69, 9.17) is 14.6 Å². The van der Waals surface area contributed by atoms with Crippen LogP contribution in [0.4, 0.5) is 0 Å². The molecule has 0 saturated carbocycles. The van der Waals surface area contributed by atoms with Crippen molar-refractivity contribution in [3.8, 4) is 0 Å². The summed E-state index contributed by atoms with van der Waals surface area (Å²) >= 11 is 0. The van der Waals surface area contributed by atoms with E-state index in [1.54, 1.807) is 4.90 Å². The number of allylic oxidation sites excluding steroid dienone is 1. The maximum Gasteiger partial charge on any atom is 0.313 e. The van der Waals surface area contributed by atoms with Gasteiger partial charge in [-0.2, -0.15) is 0 Å². The number of likely N-dealkylation sites (tertiary alicyclic amines) is 1. The number of carbonyl (C=O) groups excluding carboxylic acids is 3. The van der Waals surface area contributed by atoms with Crippen molar-refractivity contribution < 1.29 is 29.0 Å². The normalized spacial score (nSPS) is 34.9. The summed E-state index contributed by atoms with van der Waals surface area (Å²) in [5.74, 6) is -2.31. The Morgan fingerprint density at radius 3 is 2.53 bits per heavy atom. The summed E-state index contributed by atoms with van der Waals surface area (Å²) in [6.07, 6.45) is 14.9. The molecule has 4 aliphatic heterocycles. The van der Waals surface area contributed by atoms with Crippen LogP contribution in [0.2, 0.25) is 0 Å². The number of ether oxygens (including phenoxy) is 2. The third-order valence-corrected chi connectivity index (χ3v) is 8.31. The number of nitrogens with zero attached hydrogens (tertiary/aromatic N) is 2. The zero-order chi connectivity index (χ0) is 25.8. The van der Waals surface area contributed by atoms with Crippen LogP contribution in [-0.4, -0.2) is 82.8 Å². The number of rotatable bonds is 10. The highest BCUT2D eigenvalue weighted by Crippen LogP contribution is 2.58. The Balaban J connectivity index is 1.76. The molecule has 36 heavy (non-hydrogen) atoms. The molecule has 5 atom stereocenters. The third-order valence-electron chi connectivity index (χ3n) is 8.31. The fourth-order valence-corrected chi connectivity index (χ4v) is 6.46. The number of cyclic esters (lactones) is 1. The van der Waals surface area contributed by atoms with E-state index in [1.165, 1.54) is 0 Å². The standard InChI is InChI=1S/C28H42N2O6/c1-3-5-16-29-17-13-15-28-21(22-26(34)35-20-12-8-9-14-27(22,4-2)36-28)24(32)30(23(28)25(29)33)18-10-6-7-11-19-31/h9,13-15,21-23,31H,3-8,10-12,16-20H2,1-2H3/b14-9-/t21-,22-,23?,27+,28-/m0/s1. The van der Waals surface area contributed by atoms with Crippen LogP contribution in [0.3, 0.4) is 0 Å². The predicted molar refractivity (Wildman–Crippen MR) is 135 cm³/mol. The van der Waals surface area contributed by atoms with E-state index in [0.717, 1.165) is 51.4 Å². The van der Waals surface area contributed by atoms with Crippen LogP contribution in [0, 0.1) is 11.8 Å². The number of esters is 1. The van der Waals surface area contributed by atoms with Gasteiger partial charge in [0.15, 0.2) is 0 Å². The van der Waals surface area contributed by atoms with Gasteiger partial charge in [-0.3, -0.25) is 14.4 Å². The lowest BCUT2D eigenvalue weighted by Gasteiger charge is -2.38. The Bertz CT molecular complexity index is 887. The zero-order valence-electron chi connectivity index (χ0n) is 21.8. The maximum atomic E-state index is 14.2. The van der Waals surface area contributed by atoms with Gasteiger partial charge in [0, 0.05) is 26.2 Å². The second kappa shape index (κ2) is 11.5. The first-order chi connectivity index (χ1) is 17.5. The molecule has 0 bridgehead atoms. The summed E-state index contributed by atoms with van der Waals surface area (Å²) in [5, 5.41) is 9.10. The number of unbranched alkanes of at least 4 members (excludes halogenated alkanes) is 4. The molecule has 2 saturated heterocycles. The van der Waals surface area contributed by atoms with E-state index < -0.39 is 35.0 Å². The Morgan fingerprint density at radius 2 is 1.78 bits per heavy atom. The summed E-state index contributed by atoms with van der Waals surface area (Å²) < 4.78 is 12.6. The first-order valence-corrected chi connectivity index (χ1v) is 13.9. The van der Waals surface area contributed by atoms with Crippen molar-refractivity contribution in [2.45, 2.75) is 88.9 Å². The first kappa shape index (κ1) is 26.9. The van der Waals surface area contributed by atoms with E-state index in [0.29, 0.717) is 32.7 Å². The van der Waals surface area contributed by atoms with Crippen LogP contribution in [-0.2, 0) is 23.9 Å². The number of amides is 2. The second-order valence-corrected chi connectivity index (χ2v) is 10.5. The Kier molecular flexibility index (Phi) is 8.56. The number of aliphatic hydroxyl groups excluding tert-OH is 1. The Hall–Kier alpha value is -2.19. The third kappa shape index (κ3) is 4.62. The molecule has 8 heteroatoms. The molecule has 1 spiro atoms. The van der Waals surface area contributed by atoms with E-state index in [2.05, 4.69) is 6.92 Å². The zero-order valence-corrected chi connectivity index (χ0v) is 21.8. The van der Waals surface area contributed by atoms with E-state index in [9.17, 15) is 14.4 Å². The van der Waals surface area contributed by atoms with E-state index in [1.807, 2.05) is 36.1 Å². The van der Waals surface area contributed by atoms with Crippen LogP contribution in [0.5, 0.6) is 0 Å². The lowest BCUT2D eigenvalue weighted by Crippen LogP contribution is -2.56. The van der Waals surface area contributed by atoms with E-state index in [-0.39, 0.29) is 18.4 Å². The summed E-state index contributed by atoms with van der Waals surface area (Å²) in [7, 11) is 0. The molecule has 4 aliphatic rings. The van der Waals surface area contributed by atoms with Gasteiger partial charge in [0.2, 0.25) is 11.8 Å². The molecule has 1 unspecified atom stereocenters. The Morgan fingerprint density at radius 1 is 0.972 bits per heavy atom. The van der Waals surface area contributed by atoms with Crippen LogP contribution in [0.25, 0.3) is 0 Å². The molecule has 200 valence electrons. The van der Waals surface area contributed by atoms with Gasteiger partial charge in [0.1, 0.15) is 23.2 Å². The molecule has 4 rings (SSSR count). The minimum absolute atomic E-state index is 0.102. The van der Waals surface area contributed by atoms with Crippen molar-refractivity contribution in [3.05, 3.63) is 24.3 Å². The van der Waals surface area contributed by atoms with Gasteiger partial charge in [-0.05, 0) is 38.5 Å². The van der Waals surface area contributed by atoms with Crippen molar-refractivity contribution in [2.75, 3.05) is 32.8 Å². The van der Waals surface area contributed by atoms with Crippen LogP contribution < -0.4 is 0 Å². The van der Waals surface area contributed by atoms with Crippen LogP contribution in [0.15, 0.2) is 24.3 Å². The second-order valence-electron chi connectivity index (χ2n) is 10.5. The first-order valence-electron chi connectivity index (χ1n) is 13.9. The number of aliphatic hydroxyl groups is 1. The monoisotopic (exact) mass is 502 g/mol. The molecule has 2 fully saturated rings. The quantitative estimate of drug-likeness (QED) is 0.280. The number of hydrogen-bond acceptors (Lipinski definition) is 6. The number of hydrogen-bond donors (Lipinski definition) is 1. The van der Waals surface area contributed by atoms with Gasteiger partial charge in [-0.1, -0.05) is 57.4 Å². The summed E-state index contributed by atoms with van der Waals surface area (Å²) in [5.41, 5.74) is -2.19. The molecular formula is C28H42N2O6. The number of fused-ring (bicyclic) bond motifs is 2. The minimum Gasteiger partial charge on any atom is -0.465 e. The minimum atomic E-state index is -1.20. The van der Waals surface area contributed by atoms with Gasteiger partial charge >= 0.3 is 5.97 Å². The molecule has 0 aromatic rings. The average Bonchev–Trinajstić information content (AvgIpc) is 3.25. The largest absolute Gasteiger partial charge is 0.465 e. The highest BCUT2D eigenvalue weighted by Gasteiger charge is 2.75. The van der Waals surface area contributed by atoms with Crippen molar-refractivity contribution >= 4 is 17.8 Å². The highest BCUT2D eigenvalue weighted by atomic mass is 16.6. The van der Waals surface area contributed by atoms with Crippen molar-refractivity contribution in [1.29, 1.82) is 0 Å². The molecule has 4 heterocycles. The summed E-state index contributed by atoms with van der Waals surface area (Å²) in [6, 6.07) is -0.802. The smallest absolute Gasteiger partial charge is 0.313 e. The summed E-state index contributed by atoms with van der Waals surface area (Å²) in [4.78, 5) is 45.2. The van der Waals surface area contributed by atoms with Crippen molar-refractivity contribution in [2.24, 2.45) is 11.8 Å². The van der Waals surface area contributed by atoms with Crippen molar-refractivity contribution in [1.82, 2.24) is 9.80 Å². The number of carbonyl (C=O) groups is 3.